The number of benzene rings is 1. The van der Waals surface area contributed by atoms with Crippen LogP contribution in [0, 0.1) is 5.92 Å². The summed E-state index contributed by atoms with van der Waals surface area (Å²) in [4.78, 5) is 12.1. The van der Waals surface area contributed by atoms with Gasteiger partial charge in [0.15, 0.2) is 0 Å². The molecule has 23 heavy (non-hydrogen) atoms. The first-order valence-electron chi connectivity index (χ1n) is 7.53. The molecule has 1 amide bonds. The van der Waals surface area contributed by atoms with Gasteiger partial charge in [0.25, 0.3) is 0 Å². The lowest BCUT2D eigenvalue weighted by molar-refractivity contribution is -0.126. The van der Waals surface area contributed by atoms with E-state index in [4.69, 9.17) is 9.47 Å². The number of hydrogen-bond donors (Lipinski definition) is 3. The third-order valence-corrected chi connectivity index (χ3v) is 3.94. The van der Waals surface area contributed by atoms with Crippen LogP contribution >= 0.6 is 12.4 Å². The predicted octanol–water partition coefficient (Wildman–Crippen LogP) is 1.27. The van der Waals surface area contributed by atoms with Gasteiger partial charge in [-0.25, -0.2) is 0 Å². The molecule has 2 rings (SSSR count). The van der Waals surface area contributed by atoms with Crippen molar-refractivity contribution >= 4 is 18.3 Å². The summed E-state index contributed by atoms with van der Waals surface area (Å²) >= 11 is 0. The van der Waals surface area contributed by atoms with Crippen LogP contribution in [0.1, 0.15) is 24.5 Å². The minimum Gasteiger partial charge on any atom is -0.497 e. The molecule has 7 heteroatoms. The number of aliphatic hydroxyl groups excluding tert-OH is 1. The lowest BCUT2D eigenvalue weighted by Crippen LogP contribution is -2.39. The van der Waals surface area contributed by atoms with Crippen molar-refractivity contribution in [2.24, 2.45) is 5.92 Å². The van der Waals surface area contributed by atoms with E-state index >= 15 is 0 Å². The molecule has 0 radical (unpaired) electrons. The summed E-state index contributed by atoms with van der Waals surface area (Å²) in [6.45, 7) is 1.92. The molecule has 0 spiro atoms. The molecule has 0 saturated carbocycles. The standard InChI is InChI=1S/C16H24N2O4.ClH/c1-21-13-7-12(8-14(9-13)22-2)15(19)10-18-16(20)11-3-5-17-6-4-11;/h7-9,11,15,17,19H,3-6,10H2,1-2H3,(H,18,20);1H. The van der Waals surface area contributed by atoms with Gasteiger partial charge in [-0.1, -0.05) is 0 Å². The van der Waals surface area contributed by atoms with Gasteiger partial charge in [-0.05, 0) is 43.6 Å². The number of methoxy groups -OCH3 is 2. The molecule has 1 heterocycles. The smallest absolute Gasteiger partial charge is 0.223 e. The normalized spacial score (nSPS) is 16.1. The fourth-order valence-corrected chi connectivity index (χ4v) is 2.57. The Hall–Kier alpha value is -1.50. The van der Waals surface area contributed by atoms with Gasteiger partial charge >= 0.3 is 0 Å². The van der Waals surface area contributed by atoms with Gasteiger partial charge in [0.05, 0.1) is 20.3 Å². The zero-order valence-corrected chi connectivity index (χ0v) is 14.3. The number of ether oxygens (including phenoxy) is 2. The van der Waals surface area contributed by atoms with Gasteiger partial charge < -0.3 is 25.2 Å². The van der Waals surface area contributed by atoms with E-state index in [0.717, 1.165) is 25.9 Å². The molecule has 130 valence electrons. The number of nitrogens with one attached hydrogen (secondary N) is 2. The van der Waals surface area contributed by atoms with E-state index < -0.39 is 6.10 Å². The summed E-state index contributed by atoms with van der Waals surface area (Å²) in [6.07, 6.45) is 0.888. The summed E-state index contributed by atoms with van der Waals surface area (Å²) in [6, 6.07) is 5.22. The predicted molar refractivity (Wildman–Crippen MR) is 90.4 cm³/mol. The topological polar surface area (TPSA) is 79.8 Å². The summed E-state index contributed by atoms with van der Waals surface area (Å²) in [5.41, 5.74) is 0.654. The number of piperidine rings is 1. The number of amides is 1. The third kappa shape index (κ3) is 5.57. The maximum absolute atomic E-state index is 12.1. The van der Waals surface area contributed by atoms with Crippen LogP contribution in [-0.2, 0) is 4.79 Å². The first-order valence-corrected chi connectivity index (χ1v) is 7.53. The molecule has 1 aromatic rings. The second kappa shape index (κ2) is 9.60. The van der Waals surface area contributed by atoms with E-state index in [1.54, 1.807) is 32.4 Å². The average molecular weight is 345 g/mol. The van der Waals surface area contributed by atoms with Crippen molar-refractivity contribution in [2.75, 3.05) is 33.9 Å². The van der Waals surface area contributed by atoms with Gasteiger partial charge in [0.1, 0.15) is 11.5 Å². The van der Waals surface area contributed by atoms with E-state index in [2.05, 4.69) is 10.6 Å². The van der Waals surface area contributed by atoms with E-state index in [9.17, 15) is 9.90 Å². The monoisotopic (exact) mass is 344 g/mol. The lowest BCUT2D eigenvalue weighted by Gasteiger charge is -2.22. The number of carbonyl (C=O) groups is 1. The molecule has 3 N–H and O–H groups in total. The molecule has 0 bridgehead atoms. The largest absolute Gasteiger partial charge is 0.497 e. The Balaban J connectivity index is 0.00000264. The number of rotatable bonds is 6. The van der Waals surface area contributed by atoms with Gasteiger partial charge in [-0.15, -0.1) is 12.4 Å². The maximum atomic E-state index is 12.1. The van der Waals surface area contributed by atoms with Crippen LogP contribution in [0.2, 0.25) is 0 Å². The summed E-state index contributed by atoms with van der Waals surface area (Å²) in [5.74, 6) is 1.26. The van der Waals surface area contributed by atoms with Crippen molar-refractivity contribution < 1.29 is 19.4 Å². The highest BCUT2D eigenvalue weighted by Crippen LogP contribution is 2.26. The van der Waals surface area contributed by atoms with Crippen LogP contribution in [0.4, 0.5) is 0 Å². The van der Waals surface area contributed by atoms with E-state index in [1.165, 1.54) is 0 Å². The molecule has 0 aromatic heterocycles. The zero-order valence-electron chi connectivity index (χ0n) is 13.5. The van der Waals surface area contributed by atoms with Gasteiger partial charge in [0.2, 0.25) is 5.91 Å². The molecule has 6 nitrogen and oxygen atoms in total. The van der Waals surface area contributed by atoms with Crippen LogP contribution in [-0.4, -0.2) is 44.9 Å². The Labute approximate surface area is 143 Å². The Morgan fingerprint density at radius 1 is 1.26 bits per heavy atom. The highest BCUT2D eigenvalue weighted by molar-refractivity contribution is 5.85. The molecule has 1 saturated heterocycles. The van der Waals surface area contributed by atoms with Crippen molar-refractivity contribution in [1.82, 2.24) is 10.6 Å². The van der Waals surface area contributed by atoms with Gasteiger partial charge in [-0.2, -0.15) is 0 Å². The summed E-state index contributed by atoms with van der Waals surface area (Å²) < 4.78 is 10.4. The van der Waals surface area contributed by atoms with Crippen molar-refractivity contribution in [3.05, 3.63) is 23.8 Å². The van der Waals surface area contributed by atoms with Crippen LogP contribution in [0.5, 0.6) is 11.5 Å². The number of hydrogen-bond acceptors (Lipinski definition) is 5. The van der Waals surface area contributed by atoms with Crippen molar-refractivity contribution in [1.29, 1.82) is 0 Å². The second-order valence-electron chi connectivity index (χ2n) is 5.43. The molecule has 1 fully saturated rings. The average Bonchev–Trinajstić information content (AvgIpc) is 2.59. The van der Waals surface area contributed by atoms with E-state index in [0.29, 0.717) is 17.1 Å². The Morgan fingerprint density at radius 3 is 2.35 bits per heavy atom. The van der Waals surface area contributed by atoms with Crippen LogP contribution in [0.15, 0.2) is 18.2 Å². The number of carbonyl (C=O) groups excluding carboxylic acids is 1. The molecular weight excluding hydrogens is 320 g/mol. The second-order valence-corrected chi connectivity index (χ2v) is 5.43. The van der Waals surface area contributed by atoms with E-state index in [1.807, 2.05) is 0 Å². The SMILES string of the molecule is COc1cc(OC)cc(C(O)CNC(=O)C2CCNCC2)c1.Cl. The minimum atomic E-state index is -0.797. The van der Waals surface area contributed by atoms with Crippen LogP contribution in [0.3, 0.4) is 0 Å². The van der Waals surface area contributed by atoms with E-state index in [-0.39, 0.29) is 30.8 Å². The quantitative estimate of drug-likeness (QED) is 0.724. The number of aliphatic hydroxyl groups is 1. The first-order chi connectivity index (χ1) is 10.6. The molecule has 1 unspecified atom stereocenters. The highest BCUT2D eigenvalue weighted by atomic mass is 35.5. The van der Waals surface area contributed by atoms with Crippen molar-refractivity contribution in [3.8, 4) is 11.5 Å². The molecular formula is C16H25ClN2O4. The minimum absolute atomic E-state index is 0. The third-order valence-electron chi connectivity index (χ3n) is 3.94. The fourth-order valence-electron chi connectivity index (χ4n) is 2.57. The Kier molecular flexibility index (Phi) is 8.16. The Morgan fingerprint density at radius 2 is 1.83 bits per heavy atom. The summed E-state index contributed by atoms with van der Waals surface area (Å²) in [5, 5.41) is 16.3. The fraction of sp³-hybridized carbons (Fsp3) is 0.562. The van der Waals surface area contributed by atoms with Crippen LogP contribution in [0.25, 0.3) is 0 Å². The van der Waals surface area contributed by atoms with Gasteiger partial charge in [-0.3, -0.25) is 4.79 Å². The zero-order chi connectivity index (χ0) is 15.9. The molecule has 1 aliphatic heterocycles. The number of halogens is 1. The van der Waals surface area contributed by atoms with Crippen LogP contribution < -0.4 is 20.1 Å². The highest BCUT2D eigenvalue weighted by Gasteiger charge is 2.21. The maximum Gasteiger partial charge on any atom is 0.223 e. The van der Waals surface area contributed by atoms with Crippen molar-refractivity contribution in [2.45, 2.75) is 18.9 Å². The molecule has 1 atom stereocenters. The molecule has 1 aliphatic rings. The van der Waals surface area contributed by atoms with Crippen molar-refractivity contribution in [3.63, 3.8) is 0 Å². The lowest BCUT2D eigenvalue weighted by atomic mass is 9.97. The first kappa shape index (κ1) is 19.5. The van der Waals surface area contributed by atoms with Gasteiger partial charge in [0, 0.05) is 18.5 Å². The Bertz CT molecular complexity index is 485. The summed E-state index contributed by atoms with van der Waals surface area (Å²) in [7, 11) is 3.12. The molecule has 1 aromatic carbocycles. The molecule has 0 aliphatic carbocycles.